The Labute approximate surface area is 81.5 Å². The van der Waals surface area contributed by atoms with Crippen LogP contribution < -0.4 is 10.1 Å². The monoisotopic (exact) mass is 222 g/mol. The molecule has 0 bridgehead atoms. The van der Waals surface area contributed by atoms with Crippen LogP contribution in [0, 0.1) is 0 Å². The number of pyridine rings is 1. The van der Waals surface area contributed by atoms with Gasteiger partial charge in [0.05, 0.1) is 6.20 Å². The second kappa shape index (κ2) is 4.03. The van der Waals surface area contributed by atoms with Crippen LogP contribution in [0.2, 0.25) is 0 Å². The third-order valence-electron chi connectivity index (χ3n) is 1.20. The highest BCUT2D eigenvalue weighted by molar-refractivity contribution is 5.81. The minimum absolute atomic E-state index is 0.0861. The summed E-state index contributed by atoms with van der Waals surface area (Å²) in [5.41, 5.74) is 0. The summed E-state index contributed by atoms with van der Waals surface area (Å²) in [6.45, 7) is 0. The summed E-state index contributed by atoms with van der Waals surface area (Å²) in [5.74, 6) is -0.601. The van der Waals surface area contributed by atoms with Crippen molar-refractivity contribution in [2.24, 2.45) is 0 Å². The zero-order chi connectivity index (χ0) is 11.5. The number of halogens is 3. The number of rotatable bonds is 2. The minimum Gasteiger partial charge on any atom is -0.465 e. The van der Waals surface area contributed by atoms with Crippen LogP contribution in [0.4, 0.5) is 23.8 Å². The maximum atomic E-state index is 11.7. The van der Waals surface area contributed by atoms with Gasteiger partial charge in [0.2, 0.25) is 0 Å². The number of amides is 1. The van der Waals surface area contributed by atoms with Gasteiger partial charge in [0.25, 0.3) is 0 Å². The van der Waals surface area contributed by atoms with Gasteiger partial charge in [-0.05, 0) is 12.1 Å². The molecular formula is C7H5F3N2O3. The van der Waals surface area contributed by atoms with Gasteiger partial charge in [-0.1, -0.05) is 0 Å². The Hall–Kier alpha value is -1.99. The Bertz CT molecular complexity index is 349. The number of ether oxygens (including phenoxy) is 1. The zero-order valence-electron chi connectivity index (χ0n) is 7.08. The van der Waals surface area contributed by atoms with Gasteiger partial charge >= 0.3 is 12.5 Å². The number of nitrogens with zero attached hydrogens (tertiary/aromatic N) is 1. The second-order valence-electron chi connectivity index (χ2n) is 2.36. The lowest BCUT2D eigenvalue weighted by Crippen LogP contribution is -2.17. The minimum atomic E-state index is -4.79. The van der Waals surface area contributed by atoms with Gasteiger partial charge in [-0.25, -0.2) is 9.78 Å². The van der Waals surface area contributed by atoms with Crippen molar-refractivity contribution in [2.45, 2.75) is 6.36 Å². The smallest absolute Gasteiger partial charge is 0.465 e. The van der Waals surface area contributed by atoms with Gasteiger partial charge in [-0.3, -0.25) is 5.32 Å². The highest BCUT2D eigenvalue weighted by atomic mass is 19.4. The topological polar surface area (TPSA) is 71.5 Å². The molecule has 1 rings (SSSR count). The maximum Gasteiger partial charge on any atom is 0.573 e. The van der Waals surface area contributed by atoms with E-state index in [2.05, 4.69) is 9.72 Å². The molecule has 0 atom stereocenters. The van der Waals surface area contributed by atoms with E-state index in [1.165, 1.54) is 0 Å². The van der Waals surface area contributed by atoms with E-state index in [-0.39, 0.29) is 5.82 Å². The van der Waals surface area contributed by atoms with E-state index in [1.807, 2.05) is 5.32 Å². The molecule has 1 aromatic heterocycles. The number of hydrogen-bond acceptors (Lipinski definition) is 3. The molecule has 1 heterocycles. The SMILES string of the molecule is O=C(O)Nc1ccc(OC(F)(F)F)cn1. The molecule has 0 radical (unpaired) electrons. The van der Waals surface area contributed by atoms with Crippen LogP contribution in [-0.4, -0.2) is 22.5 Å². The second-order valence-corrected chi connectivity index (χ2v) is 2.36. The molecule has 1 aromatic rings. The first kappa shape index (κ1) is 11.1. The summed E-state index contributed by atoms with van der Waals surface area (Å²) in [7, 11) is 0. The van der Waals surface area contributed by atoms with Crippen molar-refractivity contribution in [1.29, 1.82) is 0 Å². The van der Waals surface area contributed by atoms with Crippen molar-refractivity contribution in [1.82, 2.24) is 4.98 Å². The van der Waals surface area contributed by atoms with Crippen molar-refractivity contribution in [3.8, 4) is 5.75 Å². The van der Waals surface area contributed by atoms with Gasteiger partial charge in [-0.15, -0.1) is 13.2 Å². The molecule has 8 heteroatoms. The number of anilines is 1. The third-order valence-corrected chi connectivity index (χ3v) is 1.20. The lowest BCUT2D eigenvalue weighted by Gasteiger charge is -2.08. The quantitative estimate of drug-likeness (QED) is 0.803. The molecule has 15 heavy (non-hydrogen) atoms. The predicted molar refractivity (Wildman–Crippen MR) is 42.6 cm³/mol. The lowest BCUT2D eigenvalue weighted by molar-refractivity contribution is -0.274. The van der Waals surface area contributed by atoms with Crippen LogP contribution in [0.15, 0.2) is 18.3 Å². The van der Waals surface area contributed by atoms with Gasteiger partial charge in [0.1, 0.15) is 11.6 Å². The molecule has 0 saturated heterocycles. The molecule has 0 unspecified atom stereocenters. The number of hydrogen-bond donors (Lipinski definition) is 2. The van der Waals surface area contributed by atoms with Crippen LogP contribution in [-0.2, 0) is 0 Å². The Morgan fingerprint density at radius 3 is 2.53 bits per heavy atom. The first-order chi connectivity index (χ1) is 6.87. The molecule has 0 fully saturated rings. The Morgan fingerprint density at radius 2 is 2.13 bits per heavy atom. The number of carboxylic acid groups (broad SMARTS) is 1. The summed E-state index contributed by atoms with van der Waals surface area (Å²) in [5, 5.41) is 10.1. The normalized spacial score (nSPS) is 10.9. The molecule has 0 saturated carbocycles. The van der Waals surface area contributed by atoms with E-state index >= 15 is 0 Å². The molecule has 0 aliphatic rings. The molecule has 1 amide bonds. The Kier molecular flexibility index (Phi) is 2.98. The summed E-state index contributed by atoms with van der Waals surface area (Å²) in [6, 6.07) is 2.00. The van der Waals surface area contributed by atoms with Crippen LogP contribution in [0.1, 0.15) is 0 Å². The number of aromatic nitrogens is 1. The number of nitrogens with one attached hydrogen (secondary N) is 1. The van der Waals surface area contributed by atoms with Crippen LogP contribution in [0.5, 0.6) is 5.75 Å². The maximum absolute atomic E-state index is 11.7. The Balaban J connectivity index is 2.68. The average Bonchev–Trinajstić information content (AvgIpc) is 2.05. The lowest BCUT2D eigenvalue weighted by atomic mass is 10.4. The first-order valence-electron chi connectivity index (χ1n) is 3.58. The molecule has 0 aliphatic carbocycles. The summed E-state index contributed by atoms with van der Waals surface area (Å²) >= 11 is 0. The zero-order valence-corrected chi connectivity index (χ0v) is 7.08. The molecule has 5 nitrogen and oxygen atoms in total. The molecule has 0 aliphatic heterocycles. The first-order valence-corrected chi connectivity index (χ1v) is 3.58. The van der Waals surface area contributed by atoms with Crippen molar-refractivity contribution in [3.63, 3.8) is 0 Å². The van der Waals surface area contributed by atoms with Crippen molar-refractivity contribution in [3.05, 3.63) is 18.3 Å². The highest BCUT2D eigenvalue weighted by Crippen LogP contribution is 2.22. The summed E-state index contributed by atoms with van der Waals surface area (Å²) < 4.78 is 38.6. The fraction of sp³-hybridized carbons (Fsp3) is 0.143. The molecule has 82 valence electrons. The van der Waals surface area contributed by atoms with E-state index in [9.17, 15) is 18.0 Å². The van der Waals surface area contributed by atoms with Gasteiger partial charge in [0, 0.05) is 0 Å². The van der Waals surface area contributed by atoms with Crippen molar-refractivity contribution >= 4 is 11.9 Å². The molecule has 0 spiro atoms. The van der Waals surface area contributed by atoms with Crippen molar-refractivity contribution in [2.75, 3.05) is 5.32 Å². The molecule has 2 N–H and O–H groups in total. The average molecular weight is 222 g/mol. The largest absolute Gasteiger partial charge is 0.573 e. The van der Waals surface area contributed by atoms with Gasteiger partial charge in [-0.2, -0.15) is 0 Å². The number of alkyl halides is 3. The summed E-state index contributed by atoms with van der Waals surface area (Å²) in [4.78, 5) is 13.5. The van der Waals surface area contributed by atoms with E-state index in [1.54, 1.807) is 0 Å². The van der Waals surface area contributed by atoms with E-state index < -0.39 is 18.2 Å². The highest BCUT2D eigenvalue weighted by Gasteiger charge is 2.31. The Morgan fingerprint density at radius 1 is 1.47 bits per heavy atom. The predicted octanol–water partition coefficient (Wildman–Crippen LogP) is 2.07. The molecular weight excluding hydrogens is 217 g/mol. The van der Waals surface area contributed by atoms with Crippen LogP contribution >= 0.6 is 0 Å². The number of carbonyl (C=O) groups is 1. The third kappa shape index (κ3) is 4.16. The fourth-order valence-electron chi connectivity index (χ4n) is 0.758. The van der Waals surface area contributed by atoms with E-state index in [0.29, 0.717) is 0 Å². The van der Waals surface area contributed by atoms with Crippen LogP contribution in [0.25, 0.3) is 0 Å². The van der Waals surface area contributed by atoms with E-state index in [0.717, 1.165) is 18.3 Å². The summed E-state index contributed by atoms with van der Waals surface area (Å²) in [6.07, 6.45) is -5.38. The van der Waals surface area contributed by atoms with Crippen molar-refractivity contribution < 1.29 is 27.8 Å². The standard InChI is InChI=1S/C7H5F3N2O3/c8-7(9,10)15-4-1-2-5(11-3-4)12-6(13)14/h1-3H,(H,11,12)(H,13,14). The van der Waals surface area contributed by atoms with Gasteiger partial charge in [0.15, 0.2) is 0 Å². The van der Waals surface area contributed by atoms with Gasteiger partial charge < -0.3 is 9.84 Å². The van der Waals surface area contributed by atoms with E-state index in [4.69, 9.17) is 5.11 Å². The fourth-order valence-corrected chi connectivity index (χ4v) is 0.758. The molecule has 0 aromatic carbocycles. The van der Waals surface area contributed by atoms with Crippen LogP contribution in [0.3, 0.4) is 0 Å².